The smallest absolute Gasteiger partial charge is 0.116 e. The summed E-state index contributed by atoms with van der Waals surface area (Å²) in [5, 5.41) is 9.49. The molecule has 4 saturated heterocycles. The Morgan fingerprint density at radius 2 is 1.68 bits per heavy atom. The van der Waals surface area contributed by atoms with Gasteiger partial charge < -0.3 is 5.11 Å². The lowest BCUT2D eigenvalue weighted by Crippen LogP contribution is -2.75. The minimum atomic E-state index is 0.0141. The van der Waals surface area contributed by atoms with Crippen molar-refractivity contribution in [3.05, 3.63) is 29.8 Å². The molecule has 0 saturated carbocycles. The van der Waals surface area contributed by atoms with Gasteiger partial charge in [0.25, 0.3) is 0 Å². The molecule has 5 rings (SSSR count). The molecule has 4 fully saturated rings. The third-order valence-electron chi connectivity index (χ3n) is 4.11. The van der Waals surface area contributed by atoms with Crippen LogP contribution in [0.25, 0.3) is 0 Å². The van der Waals surface area contributed by atoms with Crippen LogP contribution in [0.4, 0.5) is 0 Å². The van der Waals surface area contributed by atoms with Crippen molar-refractivity contribution < 1.29 is 5.11 Å². The number of aromatic hydroxyl groups is 1. The highest BCUT2D eigenvalue weighted by Gasteiger charge is 2.48. The number of phenolic OH excluding ortho intramolecular Hbond substituents is 1. The molecule has 0 aromatic heterocycles. The summed E-state index contributed by atoms with van der Waals surface area (Å²) in [4.78, 5) is 12.2. The third kappa shape index (κ3) is 2.04. The second-order valence-electron chi connectivity index (χ2n) is 5.99. The summed E-state index contributed by atoms with van der Waals surface area (Å²) in [6, 6.07) is 7.27. The summed E-state index contributed by atoms with van der Waals surface area (Å²) in [6.07, 6.45) is 1.91. The molecule has 4 heterocycles. The molecule has 0 atom stereocenters. The van der Waals surface area contributed by atoms with Crippen molar-refractivity contribution in [2.45, 2.75) is 5.54 Å². The van der Waals surface area contributed by atoms with Crippen molar-refractivity contribution in [2.24, 2.45) is 4.99 Å². The van der Waals surface area contributed by atoms with E-state index in [9.17, 15) is 5.11 Å². The van der Waals surface area contributed by atoms with Gasteiger partial charge in [0.15, 0.2) is 0 Å². The van der Waals surface area contributed by atoms with Crippen LogP contribution in [0.1, 0.15) is 5.56 Å². The van der Waals surface area contributed by atoms with Gasteiger partial charge in [-0.15, -0.1) is 0 Å². The summed E-state index contributed by atoms with van der Waals surface area (Å²) in [6.45, 7) is 6.40. The van der Waals surface area contributed by atoms with Crippen molar-refractivity contribution in [1.29, 1.82) is 0 Å². The van der Waals surface area contributed by atoms with Crippen LogP contribution in [-0.2, 0) is 0 Å². The predicted molar refractivity (Wildman–Crippen MR) is 73.2 cm³/mol. The summed E-state index contributed by atoms with van der Waals surface area (Å²) < 4.78 is 0. The summed E-state index contributed by atoms with van der Waals surface area (Å²) in [5.74, 6) is 0.297. The highest BCUT2D eigenvalue weighted by atomic mass is 16.3. The molecule has 0 unspecified atom stereocenters. The second-order valence-corrected chi connectivity index (χ2v) is 5.99. The largest absolute Gasteiger partial charge is 0.508 e. The molecule has 4 aliphatic rings. The van der Waals surface area contributed by atoms with Gasteiger partial charge in [0.05, 0.1) is 25.5 Å². The number of hydrogen-bond acceptors (Lipinski definition) is 5. The minimum Gasteiger partial charge on any atom is -0.508 e. The normalized spacial score (nSPS) is 40.1. The zero-order valence-electron chi connectivity index (χ0n) is 10.9. The topological polar surface area (TPSA) is 42.3 Å². The maximum Gasteiger partial charge on any atom is 0.116 e. The third-order valence-corrected chi connectivity index (χ3v) is 4.11. The number of hydrogen-bond donors (Lipinski definition) is 1. The Morgan fingerprint density at radius 3 is 2.26 bits per heavy atom. The first-order valence-electron chi connectivity index (χ1n) is 6.72. The van der Waals surface area contributed by atoms with Crippen LogP contribution in [0.5, 0.6) is 5.75 Å². The van der Waals surface area contributed by atoms with Crippen LogP contribution in [0.3, 0.4) is 0 Å². The maximum atomic E-state index is 9.49. The van der Waals surface area contributed by atoms with E-state index in [-0.39, 0.29) is 5.54 Å². The Hall–Kier alpha value is -1.43. The molecule has 1 N–H and O–H groups in total. The number of aliphatic imine (C=N–C) groups is 1. The first-order valence-corrected chi connectivity index (χ1v) is 6.72. The molecular formula is C14H18N4O. The van der Waals surface area contributed by atoms with Gasteiger partial charge in [-0.25, -0.2) is 0 Å². The van der Waals surface area contributed by atoms with E-state index in [1.165, 1.54) is 0 Å². The van der Waals surface area contributed by atoms with Gasteiger partial charge >= 0.3 is 0 Å². The van der Waals surface area contributed by atoms with Gasteiger partial charge in [0, 0.05) is 25.8 Å². The molecule has 1 aromatic carbocycles. The van der Waals surface area contributed by atoms with Gasteiger partial charge in [-0.2, -0.15) is 0 Å². The molecule has 5 nitrogen and oxygen atoms in total. The lowest BCUT2D eigenvalue weighted by atomic mass is 9.91. The van der Waals surface area contributed by atoms with Crippen LogP contribution in [0.15, 0.2) is 29.3 Å². The van der Waals surface area contributed by atoms with Gasteiger partial charge in [-0.3, -0.25) is 19.7 Å². The number of nitrogens with zero attached hydrogens (tertiary/aromatic N) is 4. The summed E-state index contributed by atoms with van der Waals surface area (Å²) in [7, 11) is 0. The van der Waals surface area contributed by atoms with Crippen molar-refractivity contribution >= 4 is 6.21 Å². The molecule has 0 radical (unpaired) electrons. The standard InChI is InChI=1S/C14H18N4O/c19-13-3-1-2-12(4-13)5-15-14-6-16-9-17(7-14)11-18(8-14)10-16/h1-5,19H,6-11H2. The van der Waals surface area contributed by atoms with Crippen LogP contribution in [0.2, 0.25) is 0 Å². The Labute approximate surface area is 112 Å². The fourth-order valence-electron chi connectivity index (χ4n) is 3.62. The summed E-state index contributed by atoms with van der Waals surface area (Å²) in [5.41, 5.74) is 0.982. The van der Waals surface area contributed by atoms with E-state index < -0.39 is 0 Å². The van der Waals surface area contributed by atoms with E-state index in [1.54, 1.807) is 12.1 Å². The van der Waals surface area contributed by atoms with Crippen LogP contribution >= 0.6 is 0 Å². The first kappa shape index (κ1) is 11.4. The van der Waals surface area contributed by atoms with Crippen LogP contribution in [-0.4, -0.2) is 71.2 Å². The lowest BCUT2D eigenvalue weighted by Gasteiger charge is -2.59. The Balaban J connectivity index is 1.59. The highest BCUT2D eigenvalue weighted by Crippen LogP contribution is 2.31. The fraction of sp³-hybridized carbons (Fsp3) is 0.500. The molecule has 4 aliphatic heterocycles. The predicted octanol–water partition coefficient (Wildman–Crippen LogP) is 0.369. The maximum absolute atomic E-state index is 9.49. The van der Waals surface area contributed by atoms with E-state index in [0.717, 1.165) is 45.2 Å². The molecule has 0 amide bonds. The molecular weight excluding hydrogens is 240 g/mol. The first-order chi connectivity index (χ1) is 9.21. The highest BCUT2D eigenvalue weighted by molar-refractivity contribution is 5.80. The SMILES string of the molecule is Oc1cccc(C=NC23CN4CN(CN(C4)C2)C3)c1. The van der Waals surface area contributed by atoms with Crippen molar-refractivity contribution in [1.82, 2.24) is 14.7 Å². The second kappa shape index (κ2) is 4.03. The molecule has 5 heteroatoms. The van der Waals surface area contributed by atoms with Gasteiger partial charge in [-0.1, -0.05) is 12.1 Å². The van der Waals surface area contributed by atoms with E-state index in [4.69, 9.17) is 4.99 Å². The monoisotopic (exact) mass is 258 g/mol. The average Bonchev–Trinajstić information content (AvgIpc) is 2.35. The zero-order valence-corrected chi connectivity index (χ0v) is 10.9. The van der Waals surface area contributed by atoms with E-state index in [1.807, 2.05) is 18.3 Å². The number of rotatable bonds is 2. The van der Waals surface area contributed by atoms with Crippen molar-refractivity contribution in [3.8, 4) is 5.75 Å². The van der Waals surface area contributed by atoms with E-state index >= 15 is 0 Å². The molecule has 100 valence electrons. The molecule has 0 spiro atoms. The zero-order chi connectivity index (χ0) is 12.9. The lowest BCUT2D eigenvalue weighted by molar-refractivity contribution is -0.139. The molecule has 19 heavy (non-hydrogen) atoms. The Morgan fingerprint density at radius 1 is 1.05 bits per heavy atom. The van der Waals surface area contributed by atoms with Gasteiger partial charge in [-0.05, 0) is 17.7 Å². The van der Waals surface area contributed by atoms with Crippen molar-refractivity contribution in [3.63, 3.8) is 0 Å². The average molecular weight is 258 g/mol. The Bertz CT molecular complexity index is 493. The molecule has 4 bridgehead atoms. The van der Waals surface area contributed by atoms with E-state index in [0.29, 0.717) is 5.75 Å². The van der Waals surface area contributed by atoms with Crippen LogP contribution < -0.4 is 0 Å². The van der Waals surface area contributed by atoms with Gasteiger partial charge in [0.1, 0.15) is 5.75 Å². The number of phenols is 1. The molecule has 1 aromatic rings. The van der Waals surface area contributed by atoms with Crippen LogP contribution in [0, 0.1) is 0 Å². The Kier molecular flexibility index (Phi) is 2.42. The minimum absolute atomic E-state index is 0.0141. The summed E-state index contributed by atoms with van der Waals surface area (Å²) >= 11 is 0. The van der Waals surface area contributed by atoms with E-state index in [2.05, 4.69) is 14.7 Å². The molecule has 0 aliphatic carbocycles. The van der Waals surface area contributed by atoms with Crippen molar-refractivity contribution in [2.75, 3.05) is 39.6 Å². The van der Waals surface area contributed by atoms with Gasteiger partial charge in [0.2, 0.25) is 0 Å². The fourth-order valence-corrected chi connectivity index (χ4v) is 3.62. The quantitative estimate of drug-likeness (QED) is 0.778. The number of benzene rings is 1.